The summed E-state index contributed by atoms with van der Waals surface area (Å²) in [6, 6.07) is 0. The molecule has 7 atom stereocenters. The van der Waals surface area contributed by atoms with Crippen molar-refractivity contribution in [2.75, 3.05) is 13.7 Å². The van der Waals surface area contributed by atoms with Crippen molar-refractivity contribution in [2.45, 2.75) is 77.2 Å². The van der Waals surface area contributed by atoms with Crippen molar-refractivity contribution in [3.63, 3.8) is 0 Å². The number of carbonyl (C=O) groups is 1. The topological polar surface area (TPSA) is 46.5 Å². The van der Waals surface area contributed by atoms with Gasteiger partial charge in [-0.1, -0.05) is 13.8 Å². The number of rotatable bonds is 2. The van der Waals surface area contributed by atoms with Crippen LogP contribution in [0.15, 0.2) is 0 Å². The molecule has 0 radical (unpaired) electrons. The quantitative estimate of drug-likeness (QED) is 0.831. The number of carbonyl (C=O) groups excluding carboxylic acids is 1. The van der Waals surface area contributed by atoms with E-state index in [1.807, 2.05) is 0 Å². The molecule has 3 nitrogen and oxygen atoms in total. The van der Waals surface area contributed by atoms with E-state index in [1.165, 1.54) is 19.3 Å². The molecule has 3 heteroatoms. The number of ketones is 1. The molecular formula is C21H34O3. The predicted molar refractivity (Wildman–Crippen MR) is 93.6 cm³/mol. The van der Waals surface area contributed by atoms with Gasteiger partial charge < -0.3 is 9.84 Å². The SMILES string of the molecule is COC[C@@]1(O)CC[C@@]2(C)[C@@H](CC[C@@H]3[C@@H]2CC[C@]2(C)C(=O)CC[C@@H]32)C1. The smallest absolute Gasteiger partial charge is 0.139 e. The lowest BCUT2D eigenvalue weighted by atomic mass is 9.44. The molecule has 0 unspecified atom stereocenters. The van der Waals surface area contributed by atoms with Gasteiger partial charge >= 0.3 is 0 Å². The maximum absolute atomic E-state index is 12.5. The van der Waals surface area contributed by atoms with Crippen molar-refractivity contribution >= 4 is 5.78 Å². The number of fused-ring (bicyclic) bond motifs is 5. The van der Waals surface area contributed by atoms with E-state index in [-0.39, 0.29) is 5.41 Å². The molecule has 4 aliphatic carbocycles. The van der Waals surface area contributed by atoms with E-state index >= 15 is 0 Å². The fourth-order valence-corrected chi connectivity index (χ4v) is 7.49. The molecule has 4 aliphatic rings. The molecule has 4 saturated carbocycles. The average Bonchev–Trinajstić information content (AvgIpc) is 2.84. The first-order valence-electron chi connectivity index (χ1n) is 10.1. The summed E-state index contributed by atoms with van der Waals surface area (Å²) in [5.74, 6) is 3.28. The second-order valence-corrected chi connectivity index (χ2v) is 9.94. The third-order valence-electron chi connectivity index (χ3n) is 8.94. The first-order chi connectivity index (χ1) is 11.3. The molecule has 0 aromatic carbocycles. The standard InChI is InChI=1S/C21H34O3/c1-19-10-11-21(23,13-24-3)12-14(19)4-5-15-16-6-7-18(22)20(16,2)9-8-17(15)19/h14-17,23H,4-13H2,1-3H3/t14-,15-,16-,17-,19-,20-,21+/m0/s1. The molecule has 136 valence electrons. The third kappa shape index (κ3) is 2.26. The molecule has 0 aliphatic heterocycles. The summed E-state index contributed by atoms with van der Waals surface area (Å²) >= 11 is 0. The Bertz CT molecular complexity index is 531. The van der Waals surface area contributed by atoms with Gasteiger partial charge in [0.25, 0.3) is 0 Å². The highest BCUT2D eigenvalue weighted by Gasteiger charge is 2.61. The number of ether oxygens (including phenoxy) is 1. The van der Waals surface area contributed by atoms with Crippen LogP contribution >= 0.6 is 0 Å². The summed E-state index contributed by atoms with van der Waals surface area (Å²) in [7, 11) is 1.70. The van der Waals surface area contributed by atoms with Gasteiger partial charge in [0.15, 0.2) is 0 Å². The van der Waals surface area contributed by atoms with Crippen LogP contribution in [0, 0.1) is 34.5 Å². The van der Waals surface area contributed by atoms with Gasteiger partial charge in [0.1, 0.15) is 5.78 Å². The Hall–Kier alpha value is -0.410. The lowest BCUT2D eigenvalue weighted by Crippen LogP contribution is -2.56. The lowest BCUT2D eigenvalue weighted by Gasteiger charge is -2.61. The molecule has 0 bridgehead atoms. The van der Waals surface area contributed by atoms with E-state index in [0.717, 1.165) is 50.4 Å². The van der Waals surface area contributed by atoms with Gasteiger partial charge in [-0.3, -0.25) is 4.79 Å². The predicted octanol–water partition coefficient (Wildman–Crippen LogP) is 3.98. The fourth-order valence-electron chi connectivity index (χ4n) is 7.49. The maximum Gasteiger partial charge on any atom is 0.139 e. The van der Waals surface area contributed by atoms with E-state index in [9.17, 15) is 9.90 Å². The molecule has 0 aromatic rings. The monoisotopic (exact) mass is 334 g/mol. The van der Waals surface area contributed by atoms with Crippen LogP contribution in [-0.2, 0) is 9.53 Å². The van der Waals surface area contributed by atoms with Crippen molar-refractivity contribution in [3.05, 3.63) is 0 Å². The van der Waals surface area contributed by atoms with Crippen molar-refractivity contribution in [1.82, 2.24) is 0 Å². The van der Waals surface area contributed by atoms with Gasteiger partial charge in [0, 0.05) is 18.9 Å². The van der Waals surface area contributed by atoms with Crippen molar-refractivity contribution in [2.24, 2.45) is 34.5 Å². The van der Waals surface area contributed by atoms with E-state index in [1.54, 1.807) is 7.11 Å². The van der Waals surface area contributed by atoms with Gasteiger partial charge in [0.05, 0.1) is 12.2 Å². The number of hydrogen-bond donors (Lipinski definition) is 1. The summed E-state index contributed by atoms with van der Waals surface area (Å²) in [5, 5.41) is 10.9. The van der Waals surface area contributed by atoms with Gasteiger partial charge in [-0.05, 0) is 80.5 Å². The highest BCUT2D eigenvalue weighted by Crippen LogP contribution is 2.66. The summed E-state index contributed by atoms with van der Waals surface area (Å²) in [4.78, 5) is 12.5. The summed E-state index contributed by atoms with van der Waals surface area (Å²) in [6.45, 7) is 5.24. The molecule has 4 rings (SSSR count). The third-order valence-corrected chi connectivity index (χ3v) is 8.94. The molecule has 0 aromatic heterocycles. The van der Waals surface area contributed by atoms with Crippen LogP contribution in [0.3, 0.4) is 0 Å². The minimum atomic E-state index is -0.613. The molecule has 0 spiro atoms. The van der Waals surface area contributed by atoms with E-state index < -0.39 is 5.60 Å². The Morgan fingerprint density at radius 2 is 1.88 bits per heavy atom. The first-order valence-corrected chi connectivity index (χ1v) is 10.1. The van der Waals surface area contributed by atoms with Crippen molar-refractivity contribution in [3.8, 4) is 0 Å². The van der Waals surface area contributed by atoms with E-state index in [2.05, 4.69) is 13.8 Å². The zero-order valence-corrected chi connectivity index (χ0v) is 15.6. The average molecular weight is 335 g/mol. The van der Waals surface area contributed by atoms with Gasteiger partial charge in [-0.15, -0.1) is 0 Å². The summed E-state index contributed by atoms with van der Waals surface area (Å²) in [6.07, 6.45) is 9.66. The molecule has 4 fully saturated rings. The van der Waals surface area contributed by atoms with Gasteiger partial charge in [-0.2, -0.15) is 0 Å². The van der Waals surface area contributed by atoms with Crippen LogP contribution in [-0.4, -0.2) is 30.2 Å². The zero-order valence-electron chi connectivity index (χ0n) is 15.6. The van der Waals surface area contributed by atoms with Gasteiger partial charge in [-0.25, -0.2) is 0 Å². The van der Waals surface area contributed by atoms with Crippen molar-refractivity contribution < 1.29 is 14.6 Å². The van der Waals surface area contributed by atoms with Crippen LogP contribution in [0.1, 0.15) is 71.6 Å². The number of aliphatic hydroxyl groups is 1. The van der Waals surface area contributed by atoms with Crippen LogP contribution in [0.25, 0.3) is 0 Å². The van der Waals surface area contributed by atoms with Gasteiger partial charge in [0.2, 0.25) is 0 Å². The summed E-state index contributed by atoms with van der Waals surface area (Å²) < 4.78 is 5.30. The Morgan fingerprint density at radius 1 is 1.08 bits per heavy atom. The fraction of sp³-hybridized carbons (Fsp3) is 0.952. The van der Waals surface area contributed by atoms with Crippen LogP contribution in [0.4, 0.5) is 0 Å². The Morgan fingerprint density at radius 3 is 2.62 bits per heavy atom. The second kappa shape index (κ2) is 5.54. The van der Waals surface area contributed by atoms with Crippen LogP contribution in [0.2, 0.25) is 0 Å². The number of hydrogen-bond acceptors (Lipinski definition) is 3. The lowest BCUT2D eigenvalue weighted by molar-refractivity contribution is -0.163. The molecule has 1 N–H and O–H groups in total. The highest BCUT2D eigenvalue weighted by atomic mass is 16.5. The van der Waals surface area contributed by atoms with Crippen molar-refractivity contribution in [1.29, 1.82) is 0 Å². The maximum atomic E-state index is 12.5. The Kier molecular flexibility index (Phi) is 3.93. The normalized spacial score (nSPS) is 54.1. The molecule has 0 amide bonds. The largest absolute Gasteiger partial charge is 0.387 e. The second-order valence-electron chi connectivity index (χ2n) is 9.94. The highest BCUT2D eigenvalue weighted by molar-refractivity contribution is 5.87. The molecule has 0 saturated heterocycles. The number of methoxy groups -OCH3 is 1. The zero-order chi connectivity index (χ0) is 17.2. The summed E-state index contributed by atoms with van der Waals surface area (Å²) in [5.41, 5.74) is -0.274. The molecule has 0 heterocycles. The molecule has 24 heavy (non-hydrogen) atoms. The molecular weight excluding hydrogens is 300 g/mol. The van der Waals surface area contributed by atoms with E-state index in [4.69, 9.17) is 4.74 Å². The van der Waals surface area contributed by atoms with E-state index in [0.29, 0.717) is 29.6 Å². The Labute approximate surface area is 146 Å². The minimum absolute atomic E-state index is 0.0180. The Balaban J connectivity index is 1.58. The van der Waals surface area contributed by atoms with Crippen LogP contribution in [0.5, 0.6) is 0 Å². The van der Waals surface area contributed by atoms with Crippen LogP contribution < -0.4 is 0 Å². The first kappa shape index (κ1) is 17.0. The minimum Gasteiger partial charge on any atom is -0.387 e. The number of Topliss-reactive ketones (excluding diaryl/α,β-unsaturated/α-hetero) is 1.